The van der Waals surface area contributed by atoms with Crippen molar-refractivity contribution in [2.75, 3.05) is 13.2 Å². The van der Waals surface area contributed by atoms with Gasteiger partial charge in [-0.2, -0.15) is 0 Å². The van der Waals surface area contributed by atoms with Gasteiger partial charge in [0, 0.05) is 36.8 Å². The first kappa shape index (κ1) is 43.8. The van der Waals surface area contributed by atoms with Gasteiger partial charge >= 0.3 is 11.9 Å². The molecule has 2 aromatic heterocycles. The lowest BCUT2D eigenvalue weighted by Crippen LogP contribution is -2.23. The van der Waals surface area contributed by atoms with Gasteiger partial charge in [-0.1, -0.05) is 53.0 Å². The lowest BCUT2D eigenvalue weighted by molar-refractivity contribution is -0.143. The minimum atomic E-state index is -1.36. The molecule has 4 aromatic rings. The number of nitrogens with zero attached hydrogens (tertiary/aromatic N) is 4. The third kappa shape index (κ3) is 12.1. The van der Waals surface area contributed by atoms with E-state index in [1.807, 2.05) is 0 Å². The topological polar surface area (TPSA) is 122 Å². The van der Waals surface area contributed by atoms with Crippen molar-refractivity contribution in [3.05, 3.63) is 116 Å². The molecule has 0 saturated heterocycles. The summed E-state index contributed by atoms with van der Waals surface area (Å²) in [5, 5.41) is -0.329. The van der Waals surface area contributed by atoms with E-state index < -0.39 is 76.2 Å². The van der Waals surface area contributed by atoms with Crippen molar-refractivity contribution in [3.8, 4) is 0 Å². The Balaban J connectivity index is 0.000000314. The monoisotopic (exact) mass is 816 g/mol. The Morgan fingerprint density at radius 1 is 0.769 bits per heavy atom. The Morgan fingerprint density at radius 2 is 1.25 bits per heavy atom. The number of ether oxygens (including phenoxy) is 2. The summed E-state index contributed by atoms with van der Waals surface area (Å²) in [5.74, 6) is -10.5. The molecule has 280 valence electrons. The summed E-state index contributed by atoms with van der Waals surface area (Å²) < 4.78 is 92.0. The van der Waals surface area contributed by atoms with Crippen LogP contribution in [0, 0.1) is 34.9 Å². The van der Waals surface area contributed by atoms with Gasteiger partial charge in [-0.25, -0.2) is 41.1 Å². The SMILES string of the molecule is C=CC(=O)OCC.CCOC(=O)CCC(C(=O)c1c(F)cc(F)cc1F)n1cnc(Cl)c1Cl.O=C(Cn1cnc(Cl)c1Cl)c1c(F)cc(F)cc1F. The number of carbonyl (C=O) groups excluding carboxylic acids is 4. The molecule has 0 amide bonds. The summed E-state index contributed by atoms with van der Waals surface area (Å²) in [6.45, 7) is 6.66. The van der Waals surface area contributed by atoms with E-state index in [4.69, 9.17) is 51.1 Å². The number of carbonyl (C=O) groups is 4. The number of halogens is 10. The summed E-state index contributed by atoms with van der Waals surface area (Å²) in [5.41, 5.74) is -1.77. The Morgan fingerprint density at radius 3 is 1.65 bits per heavy atom. The van der Waals surface area contributed by atoms with Crippen LogP contribution in [0.2, 0.25) is 20.6 Å². The summed E-state index contributed by atoms with van der Waals surface area (Å²) in [6.07, 6.45) is 3.00. The Kier molecular flexibility index (Phi) is 17.3. The van der Waals surface area contributed by atoms with Crippen molar-refractivity contribution < 1.29 is 55.0 Å². The number of hydrogen-bond acceptors (Lipinski definition) is 8. The van der Waals surface area contributed by atoms with Gasteiger partial charge in [0.2, 0.25) is 0 Å². The first-order chi connectivity index (χ1) is 24.5. The highest BCUT2D eigenvalue weighted by Gasteiger charge is 2.30. The first-order valence-corrected chi connectivity index (χ1v) is 16.0. The number of Topliss-reactive ketones (excluding diaryl/α,β-unsaturated/α-hetero) is 2. The van der Waals surface area contributed by atoms with E-state index in [1.54, 1.807) is 13.8 Å². The number of benzene rings is 2. The molecule has 0 fully saturated rings. The van der Waals surface area contributed by atoms with Gasteiger partial charge in [-0.3, -0.25) is 14.4 Å². The van der Waals surface area contributed by atoms with Crippen molar-refractivity contribution in [3.63, 3.8) is 0 Å². The maximum atomic E-state index is 14.0. The number of imidazole rings is 2. The van der Waals surface area contributed by atoms with E-state index in [0.717, 1.165) is 27.9 Å². The normalized spacial score (nSPS) is 11.0. The molecule has 0 saturated carbocycles. The highest BCUT2D eigenvalue weighted by molar-refractivity contribution is 6.41. The third-order valence-electron chi connectivity index (χ3n) is 6.30. The van der Waals surface area contributed by atoms with Crippen LogP contribution in [-0.4, -0.2) is 55.8 Å². The van der Waals surface area contributed by atoms with Crippen molar-refractivity contribution in [1.29, 1.82) is 0 Å². The fourth-order valence-electron chi connectivity index (χ4n) is 4.07. The zero-order chi connectivity index (χ0) is 39.3. The second-order valence-electron chi connectivity index (χ2n) is 9.78. The lowest BCUT2D eigenvalue weighted by atomic mass is 9.98. The number of rotatable bonds is 12. The van der Waals surface area contributed by atoms with Crippen molar-refractivity contribution >= 4 is 69.9 Å². The maximum absolute atomic E-state index is 14.0. The molecular weight excluding hydrogens is 792 g/mol. The molecule has 2 aromatic carbocycles. The van der Waals surface area contributed by atoms with Gasteiger partial charge in [0.15, 0.2) is 21.9 Å². The smallest absolute Gasteiger partial charge is 0.330 e. The predicted molar refractivity (Wildman–Crippen MR) is 178 cm³/mol. The number of esters is 2. The van der Waals surface area contributed by atoms with Crippen molar-refractivity contribution in [1.82, 2.24) is 19.1 Å². The van der Waals surface area contributed by atoms with Crippen LogP contribution in [0.4, 0.5) is 26.3 Å². The molecule has 0 spiro atoms. The largest absolute Gasteiger partial charge is 0.466 e. The van der Waals surface area contributed by atoms with Crippen LogP contribution in [0.1, 0.15) is 53.4 Å². The summed E-state index contributed by atoms with van der Waals surface area (Å²) in [7, 11) is 0. The Labute approximate surface area is 311 Å². The maximum Gasteiger partial charge on any atom is 0.330 e. The molecule has 0 N–H and O–H groups in total. The van der Waals surface area contributed by atoms with Gasteiger partial charge in [0.05, 0.1) is 49.6 Å². The summed E-state index contributed by atoms with van der Waals surface area (Å²) >= 11 is 23.0. The van der Waals surface area contributed by atoms with E-state index in [-0.39, 0.29) is 46.0 Å². The Hall–Kier alpha value is -4.38. The minimum absolute atomic E-state index is 0.0297. The molecule has 2 heterocycles. The molecule has 0 aliphatic carbocycles. The number of ketones is 2. The average Bonchev–Trinajstić information content (AvgIpc) is 3.55. The molecular formula is C32H26Cl4F6N4O6. The molecule has 0 aliphatic rings. The van der Waals surface area contributed by atoms with Crippen LogP contribution >= 0.6 is 46.4 Å². The number of hydrogen-bond donors (Lipinski definition) is 0. The Bertz CT molecular complexity index is 1890. The van der Waals surface area contributed by atoms with Crippen molar-refractivity contribution in [2.24, 2.45) is 0 Å². The van der Waals surface area contributed by atoms with Crippen LogP contribution < -0.4 is 0 Å². The standard InChI is InChI=1S/C16H13Cl2F3N2O3.C11H5Cl2F3N2O.C5H8O2/c1-2-26-12(24)4-3-11(23-7-22-15(17)16(23)18)14(25)13-9(20)5-8(19)6-10(13)21;12-10-11(13)18(4-17-10)3-8(19)9-6(15)1-5(14)2-7(9)16;1-3-5(6)7-4-2/h5-7,11H,2-4H2,1H3;1-2,4H,3H2;3H,1,4H2,2H3. The molecule has 0 bridgehead atoms. The second-order valence-corrected chi connectivity index (χ2v) is 11.2. The zero-order valence-corrected chi connectivity index (χ0v) is 29.9. The second kappa shape index (κ2) is 20.6. The summed E-state index contributed by atoms with van der Waals surface area (Å²) in [4.78, 5) is 53.5. The lowest BCUT2D eigenvalue weighted by Gasteiger charge is -2.19. The van der Waals surface area contributed by atoms with E-state index in [2.05, 4.69) is 21.3 Å². The minimum Gasteiger partial charge on any atom is -0.466 e. The average molecular weight is 818 g/mol. The van der Waals surface area contributed by atoms with Gasteiger partial charge in [-0.15, -0.1) is 0 Å². The molecule has 1 atom stereocenters. The van der Waals surface area contributed by atoms with E-state index >= 15 is 0 Å². The molecule has 0 aliphatic heterocycles. The first-order valence-electron chi connectivity index (χ1n) is 14.5. The van der Waals surface area contributed by atoms with Crippen LogP contribution in [0.15, 0.2) is 49.6 Å². The molecule has 10 nitrogen and oxygen atoms in total. The van der Waals surface area contributed by atoms with Crippen LogP contribution in [0.3, 0.4) is 0 Å². The van der Waals surface area contributed by atoms with E-state index in [1.165, 1.54) is 0 Å². The van der Waals surface area contributed by atoms with Gasteiger partial charge in [0.25, 0.3) is 0 Å². The molecule has 1 unspecified atom stereocenters. The predicted octanol–water partition coefficient (Wildman–Crippen LogP) is 8.60. The number of aromatic nitrogens is 4. The third-order valence-corrected chi connectivity index (χ3v) is 7.81. The van der Waals surface area contributed by atoms with E-state index in [0.29, 0.717) is 30.9 Å². The molecule has 0 radical (unpaired) electrons. The van der Waals surface area contributed by atoms with Crippen LogP contribution in [0.5, 0.6) is 0 Å². The van der Waals surface area contributed by atoms with Gasteiger partial charge in [-0.05, 0) is 20.3 Å². The fourth-order valence-corrected chi connectivity index (χ4v) is 4.72. The van der Waals surface area contributed by atoms with Gasteiger partial charge < -0.3 is 18.6 Å². The molecule has 4 rings (SSSR count). The molecule has 52 heavy (non-hydrogen) atoms. The highest BCUT2D eigenvalue weighted by Crippen LogP contribution is 2.30. The summed E-state index contributed by atoms with van der Waals surface area (Å²) in [6, 6.07) is 0.349. The van der Waals surface area contributed by atoms with Crippen molar-refractivity contribution in [2.45, 2.75) is 39.3 Å². The van der Waals surface area contributed by atoms with Crippen LogP contribution in [-0.2, 0) is 25.6 Å². The van der Waals surface area contributed by atoms with Crippen LogP contribution in [0.25, 0.3) is 0 Å². The molecule has 20 heteroatoms. The fraction of sp³-hybridized carbons (Fsp3) is 0.250. The van der Waals surface area contributed by atoms with E-state index in [9.17, 15) is 45.5 Å². The highest BCUT2D eigenvalue weighted by atomic mass is 35.5. The van der Waals surface area contributed by atoms with Gasteiger partial charge in [0.1, 0.15) is 45.2 Å². The quantitative estimate of drug-likeness (QED) is 0.0603. The zero-order valence-electron chi connectivity index (χ0n) is 26.9.